The zero-order chi connectivity index (χ0) is 16.3. The van der Waals surface area contributed by atoms with Gasteiger partial charge < -0.3 is 10.2 Å². The maximum Gasteiger partial charge on any atom is 0.317 e. The van der Waals surface area contributed by atoms with Gasteiger partial charge in [-0.1, -0.05) is 17.7 Å². The predicted molar refractivity (Wildman–Crippen MR) is 91.2 cm³/mol. The topological polar surface area (TPSA) is 45.2 Å². The molecule has 0 fully saturated rings. The molecule has 118 valence electrons. The molecule has 0 radical (unpaired) electrons. The van der Waals surface area contributed by atoms with E-state index in [2.05, 4.69) is 43.2 Å². The molecule has 2 aromatic rings. The van der Waals surface area contributed by atoms with Gasteiger partial charge in [0, 0.05) is 19.0 Å². The Balaban J connectivity index is 1.95. The van der Waals surface area contributed by atoms with Crippen molar-refractivity contribution in [1.82, 2.24) is 15.2 Å². The minimum Gasteiger partial charge on any atom is -0.334 e. The third-order valence-electron chi connectivity index (χ3n) is 3.67. The van der Waals surface area contributed by atoms with Crippen LogP contribution < -0.4 is 5.32 Å². The zero-order valence-electron chi connectivity index (χ0n) is 13.9. The molecule has 1 aromatic carbocycles. The maximum absolute atomic E-state index is 12.2. The van der Waals surface area contributed by atoms with E-state index in [-0.39, 0.29) is 6.03 Å². The van der Waals surface area contributed by atoms with Crippen molar-refractivity contribution >= 4 is 17.4 Å². The highest BCUT2D eigenvalue weighted by Crippen LogP contribution is 2.16. The summed E-state index contributed by atoms with van der Waals surface area (Å²) in [5.74, 6) is 0. The molecule has 1 N–H and O–H groups in total. The standard InChI is InChI=1S/C17H23N3OS/c1-11-6-12(2)16(13(3)7-11)8-18-17(21)20(5)9-15-10-22-14(4)19-15/h6-7,10H,8-9H2,1-5H3,(H,18,21). The average molecular weight is 317 g/mol. The van der Waals surface area contributed by atoms with Crippen LogP contribution >= 0.6 is 11.3 Å². The summed E-state index contributed by atoms with van der Waals surface area (Å²) in [6.45, 7) is 9.31. The van der Waals surface area contributed by atoms with Crippen molar-refractivity contribution in [1.29, 1.82) is 0 Å². The summed E-state index contributed by atoms with van der Waals surface area (Å²) in [6.07, 6.45) is 0. The SMILES string of the molecule is Cc1cc(C)c(CNC(=O)N(C)Cc2csc(C)n2)c(C)c1. The van der Waals surface area contributed by atoms with Gasteiger partial charge >= 0.3 is 6.03 Å². The normalized spacial score (nSPS) is 10.6. The van der Waals surface area contributed by atoms with E-state index in [4.69, 9.17) is 0 Å². The number of rotatable bonds is 4. The maximum atomic E-state index is 12.2. The lowest BCUT2D eigenvalue weighted by Crippen LogP contribution is -2.36. The molecule has 0 spiro atoms. The number of nitrogens with zero attached hydrogens (tertiary/aromatic N) is 2. The smallest absolute Gasteiger partial charge is 0.317 e. The Hall–Kier alpha value is -1.88. The zero-order valence-corrected chi connectivity index (χ0v) is 14.7. The first-order chi connectivity index (χ1) is 10.4. The third kappa shape index (κ3) is 4.07. The van der Waals surface area contributed by atoms with Gasteiger partial charge in [0.1, 0.15) is 0 Å². The number of benzene rings is 1. The predicted octanol–water partition coefficient (Wildman–Crippen LogP) is 3.72. The number of nitrogens with one attached hydrogen (secondary N) is 1. The van der Waals surface area contributed by atoms with Crippen molar-refractivity contribution in [2.75, 3.05) is 7.05 Å². The van der Waals surface area contributed by atoms with Gasteiger partial charge in [0.05, 0.1) is 17.2 Å². The molecular formula is C17H23N3OS. The summed E-state index contributed by atoms with van der Waals surface area (Å²) in [5, 5.41) is 6.01. The summed E-state index contributed by atoms with van der Waals surface area (Å²) in [6, 6.07) is 4.22. The molecule has 0 aliphatic rings. The molecule has 5 heteroatoms. The molecule has 22 heavy (non-hydrogen) atoms. The second-order valence-electron chi connectivity index (χ2n) is 5.75. The van der Waals surface area contributed by atoms with Gasteiger partial charge in [-0.25, -0.2) is 9.78 Å². The van der Waals surface area contributed by atoms with E-state index in [1.54, 1.807) is 23.3 Å². The fraction of sp³-hybridized carbons (Fsp3) is 0.412. The van der Waals surface area contributed by atoms with Gasteiger partial charge in [-0.15, -0.1) is 11.3 Å². The molecule has 0 atom stereocenters. The molecule has 0 saturated heterocycles. The van der Waals surface area contributed by atoms with Crippen LogP contribution in [0.4, 0.5) is 4.79 Å². The number of aryl methyl sites for hydroxylation is 4. The van der Waals surface area contributed by atoms with Crippen molar-refractivity contribution in [3.05, 3.63) is 50.5 Å². The lowest BCUT2D eigenvalue weighted by atomic mass is 10.00. The number of urea groups is 1. The van der Waals surface area contributed by atoms with Gasteiger partial charge in [-0.3, -0.25) is 0 Å². The van der Waals surface area contributed by atoms with Crippen LogP contribution in [-0.2, 0) is 13.1 Å². The quantitative estimate of drug-likeness (QED) is 0.934. The van der Waals surface area contributed by atoms with Crippen LogP contribution in [-0.4, -0.2) is 23.0 Å². The summed E-state index contributed by atoms with van der Waals surface area (Å²) in [4.78, 5) is 18.3. The lowest BCUT2D eigenvalue weighted by molar-refractivity contribution is 0.206. The number of hydrogen-bond donors (Lipinski definition) is 1. The second-order valence-corrected chi connectivity index (χ2v) is 6.81. The van der Waals surface area contributed by atoms with Gasteiger partial charge in [-0.2, -0.15) is 0 Å². The Kier molecular flexibility index (Phi) is 5.19. The van der Waals surface area contributed by atoms with E-state index in [1.165, 1.54) is 22.3 Å². The largest absolute Gasteiger partial charge is 0.334 e. The highest BCUT2D eigenvalue weighted by molar-refractivity contribution is 7.09. The van der Waals surface area contributed by atoms with Crippen molar-refractivity contribution in [2.45, 2.75) is 40.8 Å². The Labute approximate surface area is 136 Å². The molecule has 0 aliphatic carbocycles. The Morgan fingerprint density at radius 1 is 1.23 bits per heavy atom. The Bertz CT molecular complexity index is 655. The van der Waals surface area contributed by atoms with E-state index >= 15 is 0 Å². The van der Waals surface area contributed by atoms with Crippen LogP contribution in [0.25, 0.3) is 0 Å². The van der Waals surface area contributed by atoms with Crippen molar-refractivity contribution in [2.24, 2.45) is 0 Å². The second kappa shape index (κ2) is 6.92. The van der Waals surface area contributed by atoms with Gasteiger partial charge in [-0.05, 0) is 44.4 Å². The van der Waals surface area contributed by atoms with Crippen LogP contribution in [0, 0.1) is 27.7 Å². The van der Waals surface area contributed by atoms with E-state index in [0.717, 1.165) is 10.7 Å². The number of amides is 2. The lowest BCUT2D eigenvalue weighted by Gasteiger charge is -2.18. The fourth-order valence-corrected chi connectivity index (χ4v) is 3.19. The molecule has 4 nitrogen and oxygen atoms in total. The Morgan fingerprint density at radius 2 is 1.86 bits per heavy atom. The summed E-state index contributed by atoms with van der Waals surface area (Å²) in [7, 11) is 1.79. The van der Waals surface area contributed by atoms with Crippen LogP contribution in [0.5, 0.6) is 0 Å². The van der Waals surface area contributed by atoms with Gasteiger partial charge in [0.25, 0.3) is 0 Å². The first kappa shape index (κ1) is 16.5. The van der Waals surface area contributed by atoms with E-state index in [0.29, 0.717) is 13.1 Å². The van der Waals surface area contributed by atoms with E-state index in [1.807, 2.05) is 12.3 Å². The Morgan fingerprint density at radius 3 is 2.41 bits per heavy atom. The number of carbonyl (C=O) groups is 1. The first-order valence-corrected chi connectivity index (χ1v) is 8.21. The average Bonchev–Trinajstić information content (AvgIpc) is 2.82. The van der Waals surface area contributed by atoms with Crippen molar-refractivity contribution in [3.8, 4) is 0 Å². The van der Waals surface area contributed by atoms with Crippen molar-refractivity contribution < 1.29 is 4.79 Å². The monoisotopic (exact) mass is 317 g/mol. The minimum atomic E-state index is -0.0787. The molecule has 0 saturated carbocycles. The minimum absolute atomic E-state index is 0.0787. The molecule has 0 aliphatic heterocycles. The highest BCUT2D eigenvalue weighted by atomic mass is 32.1. The van der Waals surface area contributed by atoms with Crippen LogP contribution in [0.3, 0.4) is 0 Å². The molecule has 1 aromatic heterocycles. The molecule has 1 heterocycles. The van der Waals surface area contributed by atoms with Crippen molar-refractivity contribution in [3.63, 3.8) is 0 Å². The molecule has 2 rings (SSSR count). The molecule has 0 bridgehead atoms. The van der Waals surface area contributed by atoms with Gasteiger partial charge in [0.2, 0.25) is 0 Å². The van der Waals surface area contributed by atoms with Crippen LogP contribution in [0.2, 0.25) is 0 Å². The third-order valence-corrected chi connectivity index (χ3v) is 4.49. The first-order valence-electron chi connectivity index (χ1n) is 7.33. The number of thiazole rings is 1. The fourth-order valence-electron chi connectivity index (χ4n) is 2.58. The summed E-state index contributed by atoms with van der Waals surface area (Å²) in [5.41, 5.74) is 5.81. The summed E-state index contributed by atoms with van der Waals surface area (Å²) >= 11 is 1.60. The number of aromatic nitrogens is 1. The highest BCUT2D eigenvalue weighted by Gasteiger charge is 2.12. The van der Waals surface area contributed by atoms with Crippen LogP contribution in [0.1, 0.15) is 33.0 Å². The van der Waals surface area contributed by atoms with Crippen LogP contribution in [0.15, 0.2) is 17.5 Å². The summed E-state index contributed by atoms with van der Waals surface area (Å²) < 4.78 is 0. The molecule has 2 amide bonds. The van der Waals surface area contributed by atoms with E-state index < -0.39 is 0 Å². The van der Waals surface area contributed by atoms with Gasteiger partial charge in [0.15, 0.2) is 0 Å². The molecular weight excluding hydrogens is 294 g/mol. The number of hydrogen-bond acceptors (Lipinski definition) is 3. The molecule has 0 unspecified atom stereocenters. The number of carbonyl (C=O) groups excluding carboxylic acids is 1. The van der Waals surface area contributed by atoms with E-state index in [9.17, 15) is 4.79 Å².